The molecule has 13 nitrogen and oxygen atoms in total. The van der Waals surface area contributed by atoms with Crippen molar-refractivity contribution in [2.75, 3.05) is 13.2 Å². The van der Waals surface area contributed by atoms with Crippen LogP contribution in [0.3, 0.4) is 0 Å². The average Bonchev–Trinajstić information content (AvgIpc) is 3.46. The average molecular weight is 661 g/mol. The van der Waals surface area contributed by atoms with E-state index < -0.39 is 78.5 Å². The van der Waals surface area contributed by atoms with Crippen LogP contribution in [0.4, 0.5) is 0 Å². The lowest BCUT2D eigenvalue weighted by atomic mass is 9.41. The van der Waals surface area contributed by atoms with Crippen molar-refractivity contribution in [2.24, 2.45) is 46.3 Å². The third-order valence-corrected chi connectivity index (χ3v) is 14.2. The predicted octanol–water partition coefficient (Wildman–Crippen LogP) is -1.40. The second-order valence-corrected chi connectivity index (χ2v) is 16.3. The van der Waals surface area contributed by atoms with E-state index in [1.807, 2.05) is 13.8 Å². The Morgan fingerprint density at radius 2 is 1.52 bits per heavy atom. The highest BCUT2D eigenvalue weighted by molar-refractivity contribution is 5.22. The molecule has 6 aliphatic rings. The Balaban J connectivity index is 1.10. The van der Waals surface area contributed by atoms with Crippen molar-refractivity contribution in [3.63, 3.8) is 0 Å². The largest absolute Gasteiger partial charge is 0.394 e. The number of aliphatic hydroxyl groups is 10. The molecule has 20 unspecified atom stereocenters. The summed E-state index contributed by atoms with van der Waals surface area (Å²) in [6, 6.07) is 0. The van der Waals surface area contributed by atoms with Crippen LogP contribution in [0.2, 0.25) is 0 Å². The van der Waals surface area contributed by atoms with Crippen molar-refractivity contribution < 1.29 is 65.3 Å². The molecule has 10 N–H and O–H groups in total. The molecule has 2 saturated heterocycles. The Hall–Kier alpha value is -0.520. The fourth-order valence-corrected chi connectivity index (χ4v) is 11.3. The first-order chi connectivity index (χ1) is 21.5. The van der Waals surface area contributed by atoms with Crippen LogP contribution >= 0.6 is 0 Å². The van der Waals surface area contributed by atoms with E-state index in [2.05, 4.69) is 6.92 Å². The van der Waals surface area contributed by atoms with Crippen LogP contribution in [-0.2, 0) is 14.2 Å². The van der Waals surface area contributed by atoms with Gasteiger partial charge in [0.15, 0.2) is 12.1 Å². The summed E-state index contributed by atoms with van der Waals surface area (Å²) in [6.07, 6.45) is -9.09. The molecule has 6 rings (SSSR count). The number of rotatable bonds is 7. The highest BCUT2D eigenvalue weighted by atomic mass is 16.7. The maximum absolute atomic E-state index is 11.8. The third-order valence-electron chi connectivity index (χ3n) is 14.2. The van der Waals surface area contributed by atoms with Crippen molar-refractivity contribution in [1.82, 2.24) is 0 Å². The zero-order valence-electron chi connectivity index (χ0n) is 27.3. The Kier molecular flexibility index (Phi) is 9.26. The molecule has 46 heavy (non-hydrogen) atoms. The number of hydrogen-bond acceptors (Lipinski definition) is 13. The Bertz CT molecular complexity index is 1110. The third kappa shape index (κ3) is 4.90. The van der Waals surface area contributed by atoms with Gasteiger partial charge in [-0.3, -0.25) is 0 Å². The first-order valence-corrected chi connectivity index (χ1v) is 17.2. The minimum Gasteiger partial charge on any atom is -0.394 e. The van der Waals surface area contributed by atoms with Crippen molar-refractivity contribution >= 4 is 0 Å². The lowest BCUT2D eigenvalue weighted by molar-refractivity contribution is -0.324. The van der Waals surface area contributed by atoms with E-state index in [1.54, 1.807) is 6.92 Å². The molecule has 2 heterocycles. The van der Waals surface area contributed by atoms with Gasteiger partial charge in [0, 0.05) is 17.8 Å². The van der Waals surface area contributed by atoms with Gasteiger partial charge in [-0.15, -0.1) is 0 Å². The van der Waals surface area contributed by atoms with Gasteiger partial charge in [0.05, 0.1) is 25.4 Å². The van der Waals surface area contributed by atoms with Gasteiger partial charge in [0.2, 0.25) is 0 Å². The van der Waals surface area contributed by atoms with Crippen molar-refractivity contribution in [1.29, 1.82) is 0 Å². The molecule has 4 saturated carbocycles. The van der Waals surface area contributed by atoms with Gasteiger partial charge in [0.1, 0.15) is 48.3 Å². The van der Waals surface area contributed by atoms with Crippen LogP contribution < -0.4 is 0 Å². The molecular formula is C33H56O13. The first-order valence-electron chi connectivity index (χ1n) is 17.2. The highest BCUT2D eigenvalue weighted by Gasteiger charge is 2.74. The van der Waals surface area contributed by atoms with Crippen LogP contribution in [-0.4, -0.2) is 137 Å². The van der Waals surface area contributed by atoms with E-state index >= 15 is 0 Å². The lowest BCUT2D eigenvalue weighted by Crippen LogP contribution is -2.77. The quantitative estimate of drug-likeness (QED) is 0.152. The summed E-state index contributed by atoms with van der Waals surface area (Å²) in [5, 5.41) is 107. The fraction of sp³-hybridized carbons (Fsp3) is 1.00. The van der Waals surface area contributed by atoms with Crippen LogP contribution in [0.15, 0.2) is 0 Å². The molecule has 0 bridgehead atoms. The molecule has 0 amide bonds. The molecular weight excluding hydrogens is 604 g/mol. The van der Waals surface area contributed by atoms with E-state index in [0.29, 0.717) is 25.7 Å². The smallest absolute Gasteiger partial charge is 0.186 e. The Morgan fingerprint density at radius 3 is 2.20 bits per heavy atom. The SMILES string of the molecule is CC(CCC1(O)OC2CC3C4CCC5(O)C(O)C(O)C(O)C(O)C5(C)C4CCC3(C)C2C1C)COC1OC(CO)C(O)C(O)C1O. The number of ether oxygens (including phenoxy) is 3. The normalized spacial score (nSPS) is 59.0. The molecule has 20 atom stereocenters. The molecule has 0 aromatic heterocycles. The molecule has 13 heteroatoms. The number of aliphatic hydroxyl groups excluding tert-OH is 8. The van der Waals surface area contributed by atoms with Gasteiger partial charge in [-0.25, -0.2) is 0 Å². The van der Waals surface area contributed by atoms with Crippen molar-refractivity contribution in [3.05, 3.63) is 0 Å². The van der Waals surface area contributed by atoms with Crippen LogP contribution in [0.1, 0.15) is 72.6 Å². The van der Waals surface area contributed by atoms with Gasteiger partial charge in [0.25, 0.3) is 0 Å². The maximum atomic E-state index is 11.8. The summed E-state index contributed by atoms with van der Waals surface area (Å²) in [5.41, 5.74) is -3.08. The summed E-state index contributed by atoms with van der Waals surface area (Å²) in [7, 11) is 0. The van der Waals surface area contributed by atoms with E-state index in [4.69, 9.17) is 14.2 Å². The molecule has 266 valence electrons. The molecule has 0 radical (unpaired) electrons. The van der Waals surface area contributed by atoms with E-state index in [0.717, 1.165) is 12.8 Å². The Labute approximate surface area is 270 Å². The fourth-order valence-electron chi connectivity index (χ4n) is 11.3. The summed E-state index contributed by atoms with van der Waals surface area (Å²) in [5.74, 6) is -1.35. The minimum atomic E-state index is -1.72. The standard InChI is InChI=1S/C33H56O13/c1-14(13-44-29-26(39)23(36)22(35)20(12-34)45-29)5-10-33(43)15(2)21-19(46-33)11-18-16-6-9-32(42)28(41)25(38)24(37)27(40)31(32,4)17(16)7-8-30(18,21)3/h14-29,34-43H,5-13H2,1-4H3. The predicted molar refractivity (Wildman–Crippen MR) is 159 cm³/mol. The molecule has 0 aromatic rings. The molecule has 2 aliphatic heterocycles. The second-order valence-electron chi connectivity index (χ2n) is 16.3. The summed E-state index contributed by atoms with van der Waals surface area (Å²) < 4.78 is 17.7. The van der Waals surface area contributed by atoms with Gasteiger partial charge in [-0.2, -0.15) is 0 Å². The summed E-state index contributed by atoms with van der Waals surface area (Å²) in [4.78, 5) is 0. The van der Waals surface area contributed by atoms with Gasteiger partial charge in [-0.1, -0.05) is 27.7 Å². The number of hydrogen-bond donors (Lipinski definition) is 10. The van der Waals surface area contributed by atoms with Gasteiger partial charge < -0.3 is 65.3 Å². The van der Waals surface area contributed by atoms with Gasteiger partial charge >= 0.3 is 0 Å². The molecule has 6 fully saturated rings. The number of fused-ring (bicyclic) bond motifs is 7. The van der Waals surface area contributed by atoms with Gasteiger partial charge in [-0.05, 0) is 73.5 Å². The zero-order valence-corrected chi connectivity index (χ0v) is 27.3. The highest BCUT2D eigenvalue weighted by Crippen LogP contribution is 2.71. The van der Waals surface area contributed by atoms with Crippen LogP contribution in [0, 0.1) is 46.3 Å². The molecule has 0 aromatic carbocycles. The van der Waals surface area contributed by atoms with Crippen LogP contribution in [0.5, 0.6) is 0 Å². The summed E-state index contributed by atoms with van der Waals surface area (Å²) in [6.45, 7) is 7.62. The lowest BCUT2D eigenvalue weighted by Gasteiger charge is -2.67. The molecule has 0 spiro atoms. The maximum Gasteiger partial charge on any atom is 0.186 e. The van der Waals surface area contributed by atoms with E-state index in [-0.39, 0.29) is 60.1 Å². The monoisotopic (exact) mass is 660 g/mol. The van der Waals surface area contributed by atoms with Crippen molar-refractivity contribution in [3.8, 4) is 0 Å². The Morgan fingerprint density at radius 1 is 0.848 bits per heavy atom. The first kappa shape index (κ1) is 35.3. The topological polar surface area (TPSA) is 230 Å². The van der Waals surface area contributed by atoms with E-state index in [9.17, 15) is 51.1 Å². The minimum absolute atomic E-state index is 0.0701. The molecule has 4 aliphatic carbocycles. The zero-order chi connectivity index (χ0) is 33.7. The second kappa shape index (κ2) is 12.1. The summed E-state index contributed by atoms with van der Waals surface area (Å²) >= 11 is 0. The van der Waals surface area contributed by atoms with E-state index in [1.165, 1.54) is 0 Å². The van der Waals surface area contributed by atoms with Crippen molar-refractivity contribution in [2.45, 2.75) is 145 Å². The van der Waals surface area contributed by atoms with Crippen LogP contribution in [0.25, 0.3) is 0 Å².